The van der Waals surface area contributed by atoms with Crippen molar-refractivity contribution >= 4 is 17.5 Å². The maximum atomic E-state index is 12.8. The molecule has 0 aliphatic carbocycles. The number of carbonyl (C=O) groups is 2. The molecule has 0 fully saturated rings. The molecule has 2 aromatic carbocycles. The summed E-state index contributed by atoms with van der Waals surface area (Å²) in [6, 6.07) is 12.6. The van der Waals surface area contributed by atoms with E-state index in [-0.39, 0.29) is 25.0 Å². The van der Waals surface area contributed by atoms with Crippen molar-refractivity contribution in [2.75, 3.05) is 24.6 Å². The second kappa shape index (κ2) is 6.48. The van der Waals surface area contributed by atoms with Gasteiger partial charge in [-0.3, -0.25) is 9.59 Å². The number of anilines is 1. The van der Waals surface area contributed by atoms with Crippen LogP contribution in [0.15, 0.2) is 48.5 Å². The van der Waals surface area contributed by atoms with Gasteiger partial charge in [0.05, 0.1) is 5.69 Å². The largest absolute Gasteiger partial charge is 0.482 e. The van der Waals surface area contributed by atoms with Crippen molar-refractivity contribution in [1.82, 2.24) is 5.32 Å². The van der Waals surface area contributed by atoms with Gasteiger partial charge in [-0.1, -0.05) is 12.1 Å². The fraction of sp³-hybridized carbons (Fsp3) is 0.176. The summed E-state index contributed by atoms with van der Waals surface area (Å²) in [7, 11) is 0. The summed E-state index contributed by atoms with van der Waals surface area (Å²) in [4.78, 5) is 25.5. The van der Waals surface area contributed by atoms with E-state index in [1.54, 1.807) is 17.0 Å². The molecule has 118 valence electrons. The van der Waals surface area contributed by atoms with Gasteiger partial charge in [0, 0.05) is 18.7 Å². The van der Waals surface area contributed by atoms with E-state index < -0.39 is 5.82 Å². The van der Waals surface area contributed by atoms with Gasteiger partial charge in [0.2, 0.25) is 0 Å². The summed E-state index contributed by atoms with van der Waals surface area (Å²) < 4.78 is 18.2. The molecular formula is C17H15FN2O3. The summed E-state index contributed by atoms with van der Waals surface area (Å²) >= 11 is 0. The maximum Gasteiger partial charge on any atom is 0.265 e. The van der Waals surface area contributed by atoms with Crippen LogP contribution in [0.5, 0.6) is 5.75 Å². The van der Waals surface area contributed by atoms with Gasteiger partial charge in [-0.2, -0.15) is 0 Å². The average molecular weight is 314 g/mol. The highest BCUT2D eigenvalue weighted by Crippen LogP contribution is 2.30. The first-order chi connectivity index (χ1) is 11.1. The molecule has 0 saturated carbocycles. The number of amides is 2. The minimum Gasteiger partial charge on any atom is -0.482 e. The smallest absolute Gasteiger partial charge is 0.265 e. The molecular weight excluding hydrogens is 299 g/mol. The molecule has 3 rings (SSSR count). The SMILES string of the molecule is O=C(NCCN1C(=O)COc2ccccc21)c1ccc(F)cc1. The Morgan fingerprint density at radius 3 is 2.70 bits per heavy atom. The molecule has 5 nitrogen and oxygen atoms in total. The zero-order chi connectivity index (χ0) is 16.2. The fourth-order valence-corrected chi connectivity index (χ4v) is 2.38. The summed E-state index contributed by atoms with van der Waals surface area (Å²) in [6.45, 7) is 0.616. The molecule has 0 atom stereocenters. The van der Waals surface area contributed by atoms with Crippen LogP contribution >= 0.6 is 0 Å². The van der Waals surface area contributed by atoms with Crippen molar-refractivity contribution in [3.63, 3.8) is 0 Å². The second-order valence-electron chi connectivity index (χ2n) is 5.06. The number of rotatable bonds is 4. The van der Waals surface area contributed by atoms with Crippen molar-refractivity contribution in [2.24, 2.45) is 0 Å². The molecule has 0 bridgehead atoms. The zero-order valence-electron chi connectivity index (χ0n) is 12.3. The number of ether oxygens (including phenoxy) is 1. The van der Waals surface area contributed by atoms with Crippen molar-refractivity contribution in [3.8, 4) is 5.75 Å². The lowest BCUT2D eigenvalue weighted by Gasteiger charge is -2.29. The van der Waals surface area contributed by atoms with E-state index in [4.69, 9.17) is 4.74 Å². The van der Waals surface area contributed by atoms with Crippen LogP contribution in [0, 0.1) is 5.82 Å². The Morgan fingerprint density at radius 2 is 1.91 bits per heavy atom. The average Bonchev–Trinajstić information content (AvgIpc) is 2.57. The van der Waals surface area contributed by atoms with Crippen LogP contribution in [0.3, 0.4) is 0 Å². The molecule has 0 radical (unpaired) electrons. The highest BCUT2D eigenvalue weighted by atomic mass is 19.1. The normalized spacial score (nSPS) is 13.3. The van der Waals surface area contributed by atoms with E-state index in [1.165, 1.54) is 24.3 Å². The molecule has 2 aromatic rings. The Kier molecular flexibility index (Phi) is 4.23. The Labute approximate surface area is 132 Å². The molecule has 0 aromatic heterocycles. The molecule has 1 N–H and O–H groups in total. The third-order valence-electron chi connectivity index (χ3n) is 3.54. The van der Waals surface area contributed by atoms with Crippen molar-refractivity contribution < 1.29 is 18.7 Å². The van der Waals surface area contributed by atoms with Crippen molar-refractivity contribution in [3.05, 3.63) is 59.9 Å². The number of hydrogen-bond acceptors (Lipinski definition) is 3. The highest BCUT2D eigenvalue weighted by Gasteiger charge is 2.24. The lowest BCUT2D eigenvalue weighted by molar-refractivity contribution is -0.121. The van der Waals surface area contributed by atoms with E-state index in [2.05, 4.69) is 5.32 Å². The van der Waals surface area contributed by atoms with Gasteiger partial charge in [0.15, 0.2) is 6.61 Å². The molecule has 0 saturated heterocycles. The van der Waals surface area contributed by atoms with Crippen LogP contribution in [0.2, 0.25) is 0 Å². The zero-order valence-corrected chi connectivity index (χ0v) is 12.3. The van der Waals surface area contributed by atoms with Gasteiger partial charge < -0.3 is 15.0 Å². The summed E-state index contributed by atoms with van der Waals surface area (Å²) in [5, 5.41) is 2.72. The number of halogens is 1. The van der Waals surface area contributed by atoms with E-state index in [9.17, 15) is 14.0 Å². The predicted molar refractivity (Wildman–Crippen MR) is 83.0 cm³/mol. The molecule has 1 aliphatic rings. The van der Waals surface area contributed by atoms with Crippen LogP contribution in [0.25, 0.3) is 0 Å². The van der Waals surface area contributed by atoms with Crippen LogP contribution in [0.4, 0.5) is 10.1 Å². The van der Waals surface area contributed by atoms with E-state index >= 15 is 0 Å². The quantitative estimate of drug-likeness (QED) is 0.939. The van der Waals surface area contributed by atoms with Crippen LogP contribution in [-0.2, 0) is 4.79 Å². The number of para-hydroxylation sites is 2. The Bertz CT molecular complexity index is 731. The minimum atomic E-state index is -0.392. The summed E-state index contributed by atoms with van der Waals surface area (Å²) in [5.41, 5.74) is 1.07. The van der Waals surface area contributed by atoms with E-state index in [1.807, 2.05) is 12.1 Å². The van der Waals surface area contributed by atoms with Gasteiger partial charge in [-0.25, -0.2) is 4.39 Å². The predicted octanol–water partition coefficient (Wildman–Crippen LogP) is 1.98. The van der Waals surface area contributed by atoms with Crippen LogP contribution in [-0.4, -0.2) is 31.5 Å². The third kappa shape index (κ3) is 3.31. The monoisotopic (exact) mass is 314 g/mol. The Morgan fingerprint density at radius 1 is 1.17 bits per heavy atom. The molecule has 0 unspecified atom stereocenters. The van der Waals surface area contributed by atoms with E-state index in [0.717, 1.165) is 0 Å². The van der Waals surface area contributed by atoms with Gasteiger partial charge in [0.1, 0.15) is 11.6 Å². The van der Waals surface area contributed by atoms with Crippen LogP contribution in [0.1, 0.15) is 10.4 Å². The van der Waals surface area contributed by atoms with Gasteiger partial charge >= 0.3 is 0 Å². The number of carbonyl (C=O) groups excluding carboxylic acids is 2. The summed E-state index contributed by atoms with van der Waals surface area (Å²) in [5.74, 6) is -0.201. The molecule has 2 amide bonds. The lowest BCUT2D eigenvalue weighted by Crippen LogP contribution is -2.43. The van der Waals surface area contributed by atoms with Crippen molar-refractivity contribution in [1.29, 1.82) is 0 Å². The van der Waals surface area contributed by atoms with Gasteiger partial charge in [-0.15, -0.1) is 0 Å². The fourth-order valence-electron chi connectivity index (χ4n) is 2.38. The minimum absolute atomic E-state index is 0.0110. The first kappa shape index (κ1) is 15.0. The number of hydrogen-bond donors (Lipinski definition) is 1. The van der Waals surface area contributed by atoms with Gasteiger partial charge in [0.25, 0.3) is 11.8 Å². The van der Waals surface area contributed by atoms with Crippen LogP contribution < -0.4 is 15.0 Å². The highest BCUT2D eigenvalue weighted by molar-refractivity contribution is 5.98. The first-order valence-corrected chi connectivity index (χ1v) is 7.21. The first-order valence-electron chi connectivity index (χ1n) is 7.21. The molecule has 1 heterocycles. The number of fused-ring (bicyclic) bond motifs is 1. The maximum absolute atomic E-state index is 12.8. The number of nitrogens with one attached hydrogen (secondary N) is 1. The number of nitrogens with zero attached hydrogens (tertiary/aromatic N) is 1. The third-order valence-corrected chi connectivity index (χ3v) is 3.54. The molecule has 1 aliphatic heterocycles. The standard InChI is InChI=1S/C17H15FN2O3/c18-13-7-5-12(6-8-13)17(22)19-9-10-20-14-3-1-2-4-15(14)23-11-16(20)21/h1-8H,9-11H2,(H,19,22). The molecule has 23 heavy (non-hydrogen) atoms. The Hall–Kier alpha value is -2.89. The molecule has 6 heteroatoms. The van der Waals surface area contributed by atoms with Crippen molar-refractivity contribution in [2.45, 2.75) is 0 Å². The number of benzene rings is 2. The molecule has 0 spiro atoms. The second-order valence-corrected chi connectivity index (χ2v) is 5.06. The summed E-state index contributed by atoms with van der Waals surface area (Å²) in [6.07, 6.45) is 0. The Balaban J connectivity index is 1.61. The lowest BCUT2D eigenvalue weighted by atomic mass is 10.2. The topological polar surface area (TPSA) is 58.6 Å². The van der Waals surface area contributed by atoms with E-state index in [0.29, 0.717) is 23.5 Å². The van der Waals surface area contributed by atoms with Gasteiger partial charge in [-0.05, 0) is 36.4 Å².